The van der Waals surface area contributed by atoms with E-state index < -0.39 is 5.97 Å². The summed E-state index contributed by atoms with van der Waals surface area (Å²) in [5.41, 5.74) is 1.24. The van der Waals surface area contributed by atoms with Crippen molar-refractivity contribution in [2.75, 3.05) is 0 Å². The maximum Gasteiger partial charge on any atom is 0.339 e. The van der Waals surface area contributed by atoms with Gasteiger partial charge in [0, 0.05) is 5.57 Å². The number of benzene rings is 2. The van der Waals surface area contributed by atoms with Gasteiger partial charge in [0.25, 0.3) is 0 Å². The second-order valence-electron chi connectivity index (χ2n) is 4.68. The standard InChI is InChI=1S/C18H16O4/c1-13(3-2-4-14-5-7-15(19)8-6-14)18(21)22-17-11-9-16(20)10-12-17/h2,4-12,19-20H,1,3H2. The second kappa shape index (κ2) is 7.13. The molecule has 112 valence electrons. The van der Waals surface area contributed by atoms with E-state index in [1.54, 1.807) is 30.3 Å². The van der Waals surface area contributed by atoms with Crippen LogP contribution in [0, 0.1) is 0 Å². The van der Waals surface area contributed by atoms with Crippen molar-refractivity contribution in [3.8, 4) is 17.2 Å². The number of hydrogen-bond donors (Lipinski definition) is 2. The molecule has 0 amide bonds. The van der Waals surface area contributed by atoms with E-state index >= 15 is 0 Å². The van der Waals surface area contributed by atoms with Crippen LogP contribution in [-0.2, 0) is 4.79 Å². The van der Waals surface area contributed by atoms with Gasteiger partial charge in [-0.05, 0) is 48.4 Å². The topological polar surface area (TPSA) is 66.8 Å². The largest absolute Gasteiger partial charge is 0.508 e. The van der Waals surface area contributed by atoms with E-state index in [0.717, 1.165) is 5.56 Å². The van der Waals surface area contributed by atoms with Gasteiger partial charge in [0.15, 0.2) is 0 Å². The molecule has 2 aromatic rings. The van der Waals surface area contributed by atoms with Crippen LogP contribution in [0.25, 0.3) is 6.08 Å². The Morgan fingerprint density at radius 3 is 2.14 bits per heavy atom. The molecular formula is C18H16O4. The summed E-state index contributed by atoms with van der Waals surface area (Å²) >= 11 is 0. The fourth-order valence-corrected chi connectivity index (χ4v) is 1.70. The van der Waals surface area contributed by atoms with Crippen molar-refractivity contribution in [2.45, 2.75) is 6.42 Å². The molecule has 2 aromatic carbocycles. The van der Waals surface area contributed by atoms with Crippen LogP contribution in [0.2, 0.25) is 0 Å². The third kappa shape index (κ3) is 4.52. The van der Waals surface area contributed by atoms with E-state index in [1.165, 1.54) is 24.3 Å². The number of hydrogen-bond acceptors (Lipinski definition) is 4. The lowest BCUT2D eigenvalue weighted by molar-refractivity contribution is -0.130. The highest BCUT2D eigenvalue weighted by atomic mass is 16.5. The number of esters is 1. The summed E-state index contributed by atoms with van der Waals surface area (Å²) < 4.78 is 5.13. The molecule has 0 aliphatic rings. The Morgan fingerprint density at radius 1 is 1.00 bits per heavy atom. The molecule has 0 heterocycles. The smallest absolute Gasteiger partial charge is 0.339 e. The van der Waals surface area contributed by atoms with Gasteiger partial charge in [-0.3, -0.25) is 0 Å². The van der Waals surface area contributed by atoms with Gasteiger partial charge in [-0.15, -0.1) is 0 Å². The van der Waals surface area contributed by atoms with Crippen LogP contribution < -0.4 is 4.74 Å². The van der Waals surface area contributed by atoms with Crippen LogP contribution in [0.15, 0.2) is 66.8 Å². The van der Waals surface area contributed by atoms with Gasteiger partial charge in [-0.1, -0.05) is 30.9 Å². The summed E-state index contributed by atoms with van der Waals surface area (Å²) in [6.07, 6.45) is 3.99. The molecule has 0 aliphatic heterocycles. The molecule has 0 saturated heterocycles. The third-order valence-electron chi connectivity index (χ3n) is 2.90. The molecule has 0 atom stereocenters. The summed E-state index contributed by atoms with van der Waals surface area (Å²) in [7, 11) is 0. The first-order valence-corrected chi connectivity index (χ1v) is 6.69. The van der Waals surface area contributed by atoms with Gasteiger partial charge in [0.1, 0.15) is 17.2 Å². The van der Waals surface area contributed by atoms with E-state index in [0.29, 0.717) is 17.7 Å². The van der Waals surface area contributed by atoms with Crippen molar-refractivity contribution in [1.82, 2.24) is 0 Å². The van der Waals surface area contributed by atoms with Crippen molar-refractivity contribution < 1.29 is 19.7 Å². The first-order chi connectivity index (χ1) is 10.5. The van der Waals surface area contributed by atoms with Crippen molar-refractivity contribution in [2.24, 2.45) is 0 Å². The van der Waals surface area contributed by atoms with E-state index in [-0.39, 0.29) is 11.5 Å². The van der Waals surface area contributed by atoms with Gasteiger partial charge in [0.2, 0.25) is 0 Å². The molecule has 4 nitrogen and oxygen atoms in total. The third-order valence-corrected chi connectivity index (χ3v) is 2.90. The van der Waals surface area contributed by atoms with E-state index in [9.17, 15) is 9.90 Å². The lowest BCUT2D eigenvalue weighted by Gasteiger charge is -2.05. The molecule has 2 N–H and O–H groups in total. The Hall–Kier alpha value is -3.01. The lowest BCUT2D eigenvalue weighted by Crippen LogP contribution is -2.09. The summed E-state index contributed by atoms with van der Waals surface area (Å²) in [6.45, 7) is 3.70. The number of allylic oxidation sites excluding steroid dienone is 1. The van der Waals surface area contributed by atoms with Gasteiger partial charge in [-0.25, -0.2) is 4.79 Å². The lowest BCUT2D eigenvalue weighted by atomic mass is 10.1. The Bertz CT molecular complexity index is 682. The molecule has 0 fully saturated rings. The summed E-state index contributed by atoms with van der Waals surface area (Å²) in [4.78, 5) is 11.8. The molecular weight excluding hydrogens is 280 g/mol. The molecule has 0 unspecified atom stereocenters. The van der Waals surface area contributed by atoms with Crippen LogP contribution in [0.4, 0.5) is 0 Å². The van der Waals surface area contributed by atoms with Gasteiger partial charge in [0.05, 0.1) is 0 Å². The van der Waals surface area contributed by atoms with Crippen molar-refractivity contribution in [3.05, 3.63) is 72.3 Å². The fraction of sp³-hybridized carbons (Fsp3) is 0.0556. The zero-order chi connectivity index (χ0) is 15.9. The number of phenols is 2. The molecule has 0 saturated carbocycles. The van der Waals surface area contributed by atoms with E-state index in [4.69, 9.17) is 9.84 Å². The minimum absolute atomic E-state index is 0.107. The molecule has 0 spiro atoms. The molecule has 0 aliphatic carbocycles. The highest BCUT2D eigenvalue weighted by Crippen LogP contribution is 2.18. The fourth-order valence-electron chi connectivity index (χ4n) is 1.70. The number of aromatic hydroxyl groups is 2. The summed E-state index contributed by atoms with van der Waals surface area (Å²) in [6, 6.07) is 12.6. The van der Waals surface area contributed by atoms with Crippen molar-refractivity contribution in [3.63, 3.8) is 0 Å². The molecule has 0 aromatic heterocycles. The van der Waals surface area contributed by atoms with Crippen LogP contribution in [0.3, 0.4) is 0 Å². The monoisotopic (exact) mass is 296 g/mol. The highest BCUT2D eigenvalue weighted by Gasteiger charge is 2.08. The van der Waals surface area contributed by atoms with Gasteiger partial charge in [-0.2, -0.15) is 0 Å². The Morgan fingerprint density at radius 2 is 1.55 bits per heavy atom. The number of phenolic OH excluding ortho intramolecular Hbond substituents is 2. The highest BCUT2D eigenvalue weighted by molar-refractivity contribution is 5.89. The SMILES string of the molecule is C=C(CC=Cc1ccc(O)cc1)C(=O)Oc1ccc(O)cc1. The zero-order valence-electron chi connectivity index (χ0n) is 11.9. The van der Waals surface area contributed by atoms with Gasteiger partial charge >= 0.3 is 5.97 Å². The normalized spacial score (nSPS) is 10.5. The number of carbonyl (C=O) groups excluding carboxylic acids is 1. The molecule has 22 heavy (non-hydrogen) atoms. The minimum Gasteiger partial charge on any atom is -0.508 e. The van der Waals surface area contributed by atoms with E-state index in [2.05, 4.69) is 6.58 Å². The maximum absolute atomic E-state index is 11.8. The number of ether oxygens (including phenoxy) is 1. The zero-order valence-corrected chi connectivity index (χ0v) is 11.9. The van der Waals surface area contributed by atoms with Crippen LogP contribution in [0.5, 0.6) is 17.2 Å². The average molecular weight is 296 g/mol. The molecule has 4 heteroatoms. The molecule has 2 rings (SSSR count). The quantitative estimate of drug-likeness (QED) is 0.502. The van der Waals surface area contributed by atoms with Gasteiger partial charge < -0.3 is 14.9 Å². The first kappa shape index (κ1) is 15.4. The van der Waals surface area contributed by atoms with Crippen molar-refractivity contribution in [1.29, 1.82) is 0 Å². The summed E-state index contributed by atoms with van der Waals surface area (Å²) in [5, 5.41) is 18.3. The summed E-state index contributed by atoms with van der Waals surface area (Å²) in [5.74, 6) is 0.155. The predicted molar refractivity (Wildman–Crippen MR) is 84.6 cm³/mol. The number of rotatable bonds is 5. The Labute approximate surface area is 128 Å². The van der Waals surface area contributed by atoms with Crippen LogP contribution in [0.1, 0.15) is 12.0 Å². The Balaban J connectivity index is 1.87. The Kier molecular flexibility index (Phi) is 4.98. The van der Waals surface area contributed by atoms with E-state index in [1.807, 2.05) is 6.08 Å². The maximum atomic E-state index is 11.8. The minimum atomic E-state index is -0.513. The second-order valence-corrected chi connectivity index (χ2v) is 4.68. The molecule has 0 bridgehead atoms. The first-order valence-electron chi connectivity index (χ1n) is 6.69. The van der Waals surface area contributed by atoms with Crippen molar-refractivity contribution >= 4 is 12.0 Å². The predicted octanol–water partition coefficient (Wildman–Crippen LogP) is 3.66. The van der Waals surface area contributed by atoms with Crippen LogP contribution in [-0.4, -0.2) is 16.2 Å². The molecule has 0 radical (unpaired) electrons. The number of carbonyl (C=O) groups is 1. The average Bonchev–Trinajstić information content (AvgIpc) is 2.51. The van der Waals surface area contributed by atoms with Crippen LogP contribution >= 0.6 is 0 Å².